The summed E-state index contributed by atoms with van der Waals surface area (Å²) < 4.78 is 41.6. The Kier molecular flexibility index (Phi) is 3.56. The van der Waals surface area contributed by atoms with Crippen molar-refractivity contribution in [3.05, 3.63) is 35.4 Å². The van der Waals surface area contributed by atoms with Crippen molar-refractivity contribution in [2.75, 3.05) is 7.11 Å². The summed E-state index contributed by atoms with van der Waals surface area (Å²) in [7, 11) is 1.10. The Balaban J connectivity index is 3.13. The normalized spacial score (nSPS) is 10.2. The maximum Gasteiger partial charge on any atom is 0.417 e. The van der Waals surface area contributed by atoms with E-state index in [1.807, 2.05) is 5.92 Å². The topological polar surface area (TPSA) is 26.3 Å². The number of ether oxygens (including phenoxy) is 1. The fourth-order valence-electron chi connectivity index (χ4n) is 1.01. The first-order valence-corrected chi connectivity index (χ1v) is 4.21. The largest absolute Gasteiger partial charge is 0.459 e. The van der Waals surface area contributed by atoms with E-state index in [-0.39, 0.29) is 5.56 Å². The zero-order valence-electron chi connectivity index (χ0n) is 8.26. The molecule has 84 valence electrons. The van der Waals surface area contributed by atoms with Crippen LogP contribution in [0.4, 0.5) is 13.2 Å². The summed E-state index contributed by atoms with van der Waals surface area (Å²) in [5, 5.41) is 0. The highest BCUT2D eigenvalue weighted by Crippen LogP contribution is 2.31. The van der Waals surface area contributed by atoms with Gasteiger partial charge in [0.15, 0.2) is 0 Å². The number of rotatable bonds is 0. The number of carbonyl (C=O) groups excluding carboxylic acids is 1. The lowest BCUT2D eigenvalue weighted by atomic mass is 10.1. The van der Waals surface area contributed by atoms with Gasteiger partial charge in [0.05, 0.1) is 12.7 Å². The van der Waals surface area contributed by atoms with Gasteiger partial charge in [-0.1, -0.05) is 18.1 Å². The van der Waals surface area contributed by atoms with Crippen molar-refractivity contribution in [1.29, 1.82) is 0 Å². The zero-order chi connectivity index (χ0) is 12.2. The molecule has 1 aromatic carbocycles. The second-order valence-corrected chi connectivity index (χ2v) is 2.78. The first-order valence-electron chi connectivity index (χ1n) is 4.21. The third kappa shape index (κ3) is 3.02. The van der Waals surface area contributed by atoms with E-state index < -0.39 is 17.7 Å². The lowest BCUT2D eigenvalue weighted by Gasteiger charge is -2.07. The Labute approximate surface area is 90.0 Å². The lowest BCUT2D eigenvalue weighted by Crippen LogP contribution is -2.07. The van der Waals surface area contributed by atoms with Crippen LogP contribution in [0.2, 0.25) is 0 Å². The molecule has 16 heavy (non-hydrogen) atoms. The monoisotopic (exact) mass is 228 g/mol. The minimum atomic E-state index is -4.48. The van der Waals surface area contributed by atoms with E-state index in [4.69, 9.17) is 0 Å². The van der Waals surface area contributed by atoms with E-state index in [9.17, 15) is 18.0 Å². The average Bonchev–Trinajstić information content (AvgIpc) is 2.25. The fraction of sp³-hybridized carbons (Fsp3) is 0.182. The molecule has 0 spiro atoms. The van der Waals surface area contributed by atoms with Crippen molar-refractivity contribution in [2.45, 2.75) is 6.18 Å². The van der Waals surface area contributed by atoms with Gasteiger partial charge in [0.2, 0.25) is 0 Å². The van der Waals surface area contributed by atoms with Crippen molar-refractivity contribution in [1.82, 2.24) is 0 Å². The van der Waals surface area contributed by atoms with Crippen LogP contribution in [0.3, 0.4) is 0 Å². The summed E-state index contributed by atoms with van der Waals surface area (Å²) in [5.74, 6) is 3.20. The van der Waals surface area contributed by atoms with Crippen LogP contribution in [0.1, 0.15) is 11.1 Å². The third-order valence-corrected chi connectivity index (χ3v) is 1.72. The van der Waals surface area contributed by atoms with Gasteiger partial charge in [0, 0.05) is 11.5 Å². The van der Waals surface area contributed by atoms with Crippen molar-refractivity contribution >= 4 is 5.97 Å². The second-order valence-electron chi connectivity index (χ2n) is 2.78. The molecule has 0 aliphatic carbocycles. The second kappa shape index (κ2) is 4.71. The molecule has 0 bridgehead atoms. The predicted octanol–water partition coefficient (Wildman–Crippen LogP) is 2.23. The standard InChI is InChI=1S/C11H7F3O2/c1-16-10(15)7-6-8-4-2-3-5-9(8)11(12,13)14/h2-5H,1H3. The van der Waals surface area contributed by atoms with Crippen LogP contribution in [0.15, 0.2) is 24.3 Å². The molecule has 0 fully saturated rings. The number of carbonyl (C=O) groups is 1. The van der Waals surface area contributed by atoms with E-state index in [1.165, 1.54) is 18.2 Å². The minimum absolute atomic E-state index is 0.250. The molecule has 0 aliphatic rings. The average molecular weight is 228 g/mol. The lowest BCUT2D eigenvalue weighted by molar-refractivity contribution is -0.138. The minimum Gasteiger partial charge on any atom is -0.459 e. The maximum absolute atomic E-state index is 12.5. The predicted molar refractivity (Wildman–Crippen MR) is 50.3 cm³/mol. The number of alkyl halides is 3. The van der Waals surface area contributed by atoms with E-state index in [0.29, 0.717) is 0 Å². The zero-order valence-corrected chi connectivity index (χ0v) is 8.26. The van der Waals surface area contributed by atoms with Crippen molar-refractivity contribution < 1.29 is 22.7 Å². The Hall–Kier alpha value is -1.96. The maximum atomic E-state index is 12.5. The summed E-state index contributed by atoms with van der Waals surface area (Å²) in [6.07, 6.45) is -4.48. The number of esters is 1. The van der Waals surface area contributed by atoms with Crippen LogP contribution >= 0.6 is 0 Å². The van der Waals surface area contributed by atoms with Gasteiger partial charge in [0.25, 0.3) is 0 Å². The molecule has 2 nitrogen and oxygen atoms in total. The first-order chi connectivity index (χ1) is 7.45. The molecule has 0 aliphatic heterocycles. The first kappa shape index (κ1) is 12.1. The van der Waals surface area contributed by atoms with E-state index >= 15 is 0 Å². The van der Waals surface area contributed by atoms with E-state index in [1.54, 1.807) is 0 Å². The molecule has 0 saturated carbocycles. The smallest absolute Gasteiger partial charge is 0.417 e. The Morgan fingerprint density at radius 1 is 1.31 bits per heavy atom. The number of hydrogen-bond donors (Lipinski definition) is 0. The number of benzene rings is 1. The summed E-state index contributed by atoms with van der Waals surface area (Å²) in [6.45, 7) is 0. The molecular weight excluding hydrogens is 221 g/mol. The van der Waals surface area contributed by atoms with Crippen LogP contribution in [-0.2, 0) is 15.7 Å². The molecule has 0 N–H and O–H groups in total. The SMILES string of the molecule is COC(=O)C#Cc1ccccc1C(F)(F)F. The van der Waals surface area contributed by atoms with Crippen LogP contribution < -0.4 is 0 Å². The molecule has 1 rings (SSSR count). The number of halogens is 3. The molecule has 1 aromatic rings. The summed E-state index contributed by atoms with van der Waals surface area (Å²) in [6, 6.07) is 4.77. The summed E-state index contributed by atoms with van der Waals surface area (Å²) in [5.41, 5.74) is -1.12. The van der Waals surface area contributed by atoms with Crippen LogP contribution in [0.25, 0.3) is 0 Å². The highest BCUT2D eigenvalue weighted by atomic mass is 19.4. The quantitative estimate of drug-likeness (QED) is 0.502. The Morgan fingerprint density at radius 2 is 1.94 bits per heavy atom. The molecule has 0 unspecified atom stereocenters. The van der Waals surface area contributed by atoms with Crippen molar-refractivity contribution in [3.63, 3.8) is 0 Å². The van der Waals surface area contributed by atoms with Crippen LogP contribution in [0.5, 0.6) is 0 Å². The van der Waals surface area contributed by atoms with Gasteiger partial charge in [-0.25, -0.2) is 4.79 Å². The van der Waals surface area contributed by atoms with Gasteiger partial charge in [0.1, 0.15) is 0 Å². The molecular formula is C11H7F3O2. The molecule has 0 amide bonds. The van der Waals surface area contributed by atoms with Crippen LogP contribution in [-0.4, -0.2) is 13.1 Å². The highest BCUT2D eigenvalue weighted by molar-refractivity contribution is 5.89. The van der Waals surface area contributed by atoms with E-state index in [0.717, 1.165) is 13.2 Å². The number of hydrogen-bond acceptors (Lipinski definition) is 2. The van der Waals surface area contributed by atoms with Crippen molar-refractivity contribution in [2.24, 2.45) is 0 Å². The summed E-state index contributed by atoms with van der Waals surface area (Å²) in [4.78, 5) is 10.7. The molecule has 0 atom stereocenters. The molecule has 0 saturated heterocycles. The van der Waals surface area contributed by atoms with Crippen molar-refractivity contribution in [3.8, 4) is 11.8 Å². The van der Waals surface area contributed by atoms with Gasteiger partial charge in [-0.05, 0) is 12.1 Å². The van der Waals surface area contributed by atoms with Gasteiger partial charge in [-0.2, -0.15) is 13.2 Å². The molecule has 0 aromatic heterocycles. The third-order valence-electron chi connectivity index (χ3n) is 1.72. The number of methoxy groups -OCH3 is 1. The van der Waals surface area contributed by atoms with Gasteiger partial charge in [-0.15, -0.1) is 0 Å². The van der Waals surface area contributed by atoms with Gasteiger partial charge in [-0.3, -0.25) is 0 Å². The van der Waals surface area contributed by atoms with E-state index in [2.05, 4.69) is 10.7 Å². The Morgan fingerprint density at radius 3 is 2.50 bits per heavy atom. The summed E-state index contributed by atoms with van der Waals surface area (Å²) >= 11 is 0. The van der Waals surface area contributed by atoms with Crippen LogP contribution in [0, 0.1) is 11.8 Å². The van der Waals surface area contributed by atoms with Gasteiger partial charge < -0.3 is 4.74 Å². The molecule has 5 heteroatoms. The van der Waals surface area contributed by atoms with Gasteiger partial charge >= 0.3 is 12.1 Å². The molecule has 0 heterocycles. The highest BCUT2D eigenvalue weighted by Gasteiger charge is 2.32. The Bertz CT molecular complexity index is 452. The molecule has 0 radical (unpaired) electrons. The fourth-order valence-corrected chi connectivity index (χ4v) is 1.01.